The lowest BCUT2D eigenvalue weighted by atomic mass is 10.2. The second-order valence-corrected chi connectivity index (χ2v) is 5.44. The first-order valence-electron chi connectivity index (χ1n) is 8.06. The Hall–Kier alpha value is -3.74. The number of aromatic nitrogens is 1. The third-order valence-corrected chi connectivity index (χ3v) is 3.73. The molecule has 27 heavy (non-hydrogen) atoms. The third kappa shape index (κ3) is 4.09. The molecular formula is C20H18N2O5. The number of aromatic hydroxyl groups is 1. The topological polar surface area (TPSA) is 89.9 Å². The molecule has 0 spiro atoms. The van der Waals surface area contributed by atoms with Gasteiger partial charge in [-0.2, -0.15) is 0 Å². The van der Waals surface area contributed by atoms with Gasteiger partial charge < -0.3 is 24.6 Å². The number of carbonyl (C=O) groups is 1. The SMILES string of the molecule is COc1cccc(Oc2ccccc2NC(=O)c2nccc(OC)c2O)c1. The smallest absolute Gasteiger partial charge is 0.278 e. The molecule has 0 fully saturated rings. The normalized spacial score (nSPS) is 10.1. The van der Waals surface area contributed by atoms with Gasteiger partial charge in [0.1, 0.15) is 11.5 Å². The van der Waals surface area contributed by atoms with E-state index in [0.717, 1.165) is 0 Å². The zero-order valence-electron chi connectivity index (χ0n) is 14.8. The Morgan fingerprint density at radius 3 is 2.52 bits per heavy atom. The molecule has 1 amide bonds. The first-order chi connectivity index (χ1) is 13.1. The Balaban J connectivity index is 1.85. The van der Waals surface area contributed by atoms with Crippen molar-refractivity contribution in [3.63, 3.8) is 0 Å². The highest BCUT2D eigenvalue weighted by Gasteiger charge is 2.18. The van der Waals surface area contributed by atoms with Crippen LogP contribution in [0.2, 0.25) is 0 Å². The molecule has 0 atom stereocenters. The number of hydrogen-bond donors (Lipinski definition) is 2. The summed E-state index contributed by atoms with van der Waals surface area (Å²) < 4.78 is 16.0. The summed E-state index contributed by atoms with van der Waals surface area (Å²) in [5.74, 6) is 0.882. The number of ether oxygens (including phenoxy) is 3. The summed E-state index contributed by atoms with van der Waals surface area (Å²) in [6, 6.07) is 15.5. The molecule has 0 saturated carbocycles. The van der Waals surface area contributed by atoms with Gasteiger partial charge in [0.2, 0.25) is 0 Å². The van der Waals surface area contributed by atoms with Gasteiger partial charge in [-0.3, -0.25) is 4.79 Å². The van der Waals surface area contributed by atoms with Crippen LogP contribution in [-0.2, 0) is 0 Å². The van der Waals surface area contributed by atoms with Gasteiger partial charge in [-0.05, 0) is 24.3 Å². The van der Waals surface area contributed by atoms with Gasteiger partial charge in [0.25, 0.3) is 5.91 Å². The lowest BCUT2D eigenvalue weighted by molar-refractivity contribution is 0.101. The predicted octanol–water partition coefficient (Wildman–Crippen LogP) is 3.85. The summed E-state index contributed by atoms with van der Waals surface area (Å²) in [6.45, 7) is 0. The average molecular weight is 366 g/mol. The Morgan fingerprint density at radius 2 is 1.74 bits per heavy atom. The van der Waals surface area contributed by atoms with Gasteiger partial charge in [0.05, 0.1) is 19.9 Å². The number of nitrogens with zero attached hydrogens (tertiary/aromatic N) is 1. The number of hydrogen-bond acceptors (Lipinski definition) is 6. The average Bonchev–Trinajstić information content (AvgIpc) is 2.69. The predicted molar refractivity (Wildman–Crippen MR) is 99.9 cm³/mol. The molecule has 1 heterocycles. The van der Waals surface area contributed by atoms with Gasteiger partial charge >= 0.3 is 0 Å². The van der Waals surface area contributed by atoms with E-state index in [0.29, 0.717) is 22.9 Å². The molecule has 7 nitrogen and oxygen atoms in total. The highest BCUT2D eigenvalue weighted by atomic mass is 16.5. The Kier molecular flexibility index (Phi) is 5.41. The number of carbonyl (C=O) groups excluding carboxylic acids is 1. The maximum absolute atomic E-state index is 12.5. The second-order valence-electron chi connectivity index (χ2n) is 5.44. The maximum atomic E-state index is 12.5. The van der Waals surface area contributed by atoms with Crippen LogP contribution in [0, 0.1) is 0 Å². The van der Waals surface area contributed by atoms with Gasteiger partial charge in [-0.15, -0.1) is 0 Å². The summed E-state index contributed by atoms with van der Waals surface area (Å²) in [4.78, 5) is 16.5. The van der Waals surface area contributed by atoms with E-state index in [2.05, 4.69) is 10.3 Å². The summed E-state index contributed by atoms with van der Waals surface area (Å²) >= 11 is 0. The number of para-hydroxylation sites is 2. The van der Waals surface area contributed by atoms with Crippen molar-refractivity contribution in [2.24, 2.45) is 0 Å². The van der Waals surface area contributed by atoms with E-state index in [1.54, 1.807) is 55.6 Å². The Bertz CT molecular complexity index is 959. The minimum atomic E-state index is -0.590. The summed E-state index contributed by atoms with van der Waals surface area (Å²) in [6.07, 6.45) is 1.38. The number of nitrogens with one attached hydrogen (secondary N) is 1. The molecule has 0 unspecified atom stereocenters. The van der Waals surface area contributed by atoms with Crippen LogP contribution < -0.4 is 19.5 Å². The van der Waals surface area contributed by atoms with Crippen molar-refractivity contribution >= 4 is 11.6 Å². The van der Waals surface area contributed by atoms with E-state index >= 15 is 0 Å². The van der Waals surface area contributed by atoms with Crippen molar-refractivity contribution in [2.75, 3.05) is 19.5 Å². The molecule has 1 aromatic heterocycles. The van der Waals surface area contributed by atoms with Crippen LogP contribution in [-0.4, -0.2) is 30.2 Å². The van der Waals surface area contributed by atoms with E-state index in [1.807, 2.05) is 0 Å². The maximum Gasteiger partial charge on any atom is 0.278 e. The zero-order chi connectivity index (χ0) is 19.2. The lowest BCUT2D eigenvalue weighted by Gasteiger charge is -2.13. The molecule has 138 valence electrons. The highest BCUT2D eigenvalue weighted by molar-refractivity contribution is 6.05. The molecule has 0 aliphatic rings. The van der Waals surface area contributed by atoms with E-state index < -0.39 is 5.91 Å². The molecule has 2 aromatic carbocycles. The van der Waals surface area contributed by atoms with E-state index in [9.17, 15) is 9.90 Å². The highest BCUT2D eigenvalue weighted by Crippen LogP contribution is 2.32. The third-order valence-electron chi connectivity index (χ3n) is 3.73. The number of methoxy groups -OCH3 is 2. The largest absolute Gasteiger partial charge is 0.503 e. The molecular weight excluding hydrogens is 348 g/mol. The lowest BCUT2D eigenvalue weighted by Crippen LogP contribution is -2.14. The molecule has 0 radical (unpaired) electrons. The fourth-order valence-corrected chi connectivity index (χ4v) is 2.40. The first kappa shape index (κ1) is 18.1. The summed E-state index contributed by atoms with van der Waals surface area (Å²) in [5, 5.41) is 12.8. The van der Waals surface area contributed by atoms with Crippen LogP contribution in [0.5, 0.6) is 28.7 Å². The minimum Gasteiger partial charge on any atom is -0.503 e. The van der Waals surface area contributed by atoms with Gasteiger partial charge in [-0.25, -0.2) is 4.98 Å². The molecule has 7 heteroatoms. The standard InChI is InChI=1S/C20H18N2O5/c1-25-13-6-5-7-14(12-13)27-16-9-4-3-8-15(16)22-20(24)18-19(23)17(26-2)10-11-21-18/h3-12,23H,1-2H3,(H,22,24). The van der Waals surface area contributed by atoms with Crippen molar-refractivity contribution in [1.82, 2.24) is 4.98 Å². The minimum absolute atomic E-state index is 0.148. The summed E-state index contributed by atoms with van der Waals surface area (Å²) in [7, 11) is 2.97. The molecule has 3 aromatic rings. The number of pyridine rings is 1. The fourth-order valence-electron chi connectivity index (χ4n) is 2.40. The zero-order valence-corrected chi connectivity index (χ0v) is 14.8. The van der Waals surface area contributed by atoms with E-state index in [1.165, 1.54) is 19.4 Å². The van der Waals surface area contributed by atoms with Gasteiger partial charge in [0, 0.05) is 18.3 Å². The molecule has 0 aliphatic heterocycles. The number of amides is 1. The van der Waals surface area contributed by atoms with Crippen molar-refractivity contribution in [3.05, 3.63) is 66.5 Å². The van der Waals surface area contributed by atoms with Crippen LogP contribution >= 0.6 is 0 Å². The van der Waals surface area contributed by atoms with Crippen LogP contribution in [0.1, 0.15) is 10.5 Å². The number of rotatable bonds is 6. The van der Waals surface area contributed by atoms with Gasteiger partial charge in [0.15, 0.2) is 22.9 Å². The first-order valence-corrected chi connectivity index (χ1v) is 8.06. The van der Waals surface area contributed by atoms with Crippen LogP contribution in [0.25, 0.3) is 0 Å². The molecule has 0 saturated heterocycles. The Labute approximate surface area is 156 Å². The van der Waals surface area contributed by atoms with Crippen molar-refractivity contribution in [1.29, 1.82) is 0 Å². The number of anilines is 1. The van der Waals surface area contributed by atoms with Crippen molar-refractivity contribution in [2.45, 2.75) is 0 Å². The monoisotopic (exact) mass is 366 g/mol. The van der Waals surface area contributed by atoms with Crippen LogP contribution in [0.15, 0.2) is 60.8 Å². The number of benzene rings is 2. The van der Waals surface area contributed by atoms with Crippen LogP contribution in [0.3, 0.4) is 0 Å². The quantitative estimate of drug-likeness (QED) is 0.689. The van der Waals surface area contributed by atoms with Gasteiger partial charge in [-0.1, -0.05) is 18.2 Å². The molecule has 2 N–H and O–H groups in total. The molecule has 0 aliphatic carbocycles. The van der Waals surface area contributed by atoms with E-state index in [-0.39, 0.29) is 17.2 Å². The van der Waals surface area contributed by atoms with E-state index in [4.69, 9.17) is 14.2 Å². The van der Waals surface area contributed by atoms with Crippen LogP contribution in [0.4, 0.5) is 5.69 Å². The van der Waals surface area contributed by atoms with Crippen molar-refractivity contribution < 1.29 is 24.1 Å². The fraction of sp³-hybridized carbons (Fsp3) is 0.100. The molecule has 0 bridgehead atoms. The second kappa shape index (κ2) is 8.09. The molecule has 3 rings (SSSR count). The Morgan fingerprint density at radius 1 is 0.963 bits per heavy atom. The van der Waals surface area contributed by atoms with Crippen molar-refractivity contribution in [3.8, 4) is 28.7 Å². The summed E-state index contributed by atoms with van der Waals surface area (Å²) in [5.41, 5.74) is 0.278.